The molecule has 7 heteroatoms. The van der Waals surface area contributed by atoms with E-state index in [1.807, 2.05) is 30.3 Å². The van der Waals surface area contributed by atoms with E-state index in [9.17, 15) is 9.59 Å². The fraction of sp³-hybridized carbons (Fsp3) is 0.0526. The first-order valence-electron chi connectivity index (χ1n) is 7.82. The van der Waals surface area contributed by atoms with Gasteiger partial charge in [0.25, 0.3) is 5.91 Å². The third-order valence-electron chi connectivity index (χ3n) is 3.48. The van der Waals surface area contributed by atoms with Crippen LogP contribution in [0.5, 0.6) is 5.75 Å². The van der Waals surface area contributed by atoms with Crippen LogP contribution in [0.15, 0.2) is 67.0 Å². The van der Waals surface area contributed by atoms with E-state index < -0.39 is 5.91 Å². The van der Waals surface area contributed by atoms with Crippen LogP contribution in [-0.2, 0) is 4.79 Å². The van der Waals surface area contributed by atoms with Gasteiger partial charge in [0, 0.05) is 16.8 Å². The summed E-state index contributed by atoms with van der Waals surface area (Å²) in [7, 11) is 0. The Balaban J connectivity index is 1.53. The summed E-state index contributed by atoms with van der Waals surface area (Å²) < 4.78 is 5.38. The molecule has 0 bridgehead atoms. The number of rotatable bonds is 6. The van der Waals surface area contributed by atoms with Crippen molar-refractivity contribution in [2.24, 2.45) is 5.73 Å². The molecule has 7 nitrogen and oxygen atoms in total. The van der Waals surface area contributed by atoms with E-state index >= 15 is 0 Å². The minimum Gasteiger partial charge on any atom is -0.481 e. The minimum atomic E-state index is -0.523. The first-order valence-corrected chi connectivity index (χ1v) is 7.82. The van der Waals surface area contributed by atoms with Gasteiger partial charge in [-0.25, -0.2) is 9.97 Å². The van der Waals surface area contributed by atoms with Gasteiger partial charge in [0.05, 0.1) is 12.4 Å². The van der Waals surface area contributed by atoms with Gasteiger partial charge in [-0.1, -0.05) is 30.3 Å². The van der Waals surface area contributed by atoms with Crippen molar-refractivity contribution in [3.05, 3.63) is 72.6 Å². The lowest BCUT2D eigenvalue weighted by Crippen LogP contribution is -2.20. The summed E-state index contributed by atoms with van der Waals surface area (Å²) in [6.45, 7) is -0.189. The Labute approximate surface area is 149 Å². The Morgan fingerprint density at radius 1 is 0.962 bits per heavy atom. The molecular formula is C19H16N4O3. The average Bonchev–Trinajstić information content (AvgIpc) is 2.68. The highest BCUT2D eigenvalue weighted by molar-refractivity contribution is 5.95. The van der Waals surface area contributed by atoms with E-state index in [-0.39, 0.29) is 12.5 Å². The number of benzene rings is 2. The van der Waals surface area contributed by atoms with Gasteiger partial charge in [0.2, 0.25) is 5.91 Å². The average molecular weight is 348 g/mol. The summed E-state index contributed by atoms with van der Waals surface area (Å²) in [5.41, 5.74) is 6.98. The molecule has 0 radical (unpaired) electrons. The fourth-order valence-electron chi connectivity index (χ4n) is 2.19. The van der Waals surface area contributed by atoms with Crippen molar-refractivity contribution in [1.82, 2.24) is 9.97 Å². The lowest BCUT2D eigenvalue weighted by atomic mass is 10.2. The Hall–Kier alpha value is -3.74. The highest BCUT2D eigenvalue weighted by Crippen LogP contribution is 2.16. The number of hydrogen-bond acceptors (Lipinski definition) is 5. The molecule has 2 aromatic carbocycles. The first-order chi connectivity index (χ1) is 12.6. The molecule has 0 aliphatic carbocycles. The van der Waals surface area contributed by atoms with Gasteiger partial charge in [-0.3, -0.25) is 9.59 Å². The van der Waals surface area contributed by atoms with Gasteiger partial charge < -0.3 is 15.8 Å². The van der Waals surface area contributed by atoms with Gasteiger partial charge in [0.15, 0.2) is 18.2 Å². The van der Waals surface area contributed by atoms with Crippen LogP contribution >= 0.6 is 0 Å². The molecule has 2 amide bonds. The summed E-state index contributed by atoms with van der Waals surface area (Å²) in [4.78, 5) is 31.4. The molecule has 0 aliphatic rings. The van der Waals surface area contributed by atoms with Gasteiger partial charge in [-0.15, -0.1) is 0 Å². The Morgan fingerprint density at radius 3 is 2.23 bits per heavy atom. The molecule has 130 valence electrons. The molecular weight excluding hydrogens is 332 g/mol. The number of nitrogens with one attached hydrogen (secondary N) is 1. The maximum Gasteiger partial charge on any atom is 0.262 e. The van der Waals surface area contributed by atoms with Crippen molar-refractivity contribution in [2.45, 2.75) is 0 Å². The van der Waals surface area contributed by atoms with Crippen molar-refractivity contribution in [3.8, 4) is 17.1 Å². The van der Waals surface area contributed by atoms with Gasteiger partial charge in [-0.2, -0.15) is 0 Å². The number of carbonyl (C=O) groups excluding carboxylic acids is 2. The van der Waals surface area contributed by atoms with Crippen LogP contribution in [0.3, 0.4) is 0 Å². The number of hydrogen-bond donors (Lipinski definition) is 2. The van der Waals surface area contributed by atoms with Gasteiger partial charge in [-0.05, 0) is 24.3 Å². The van der Waals surface area contributed by atoms with Crippen LogP contribution in [0.25, 0.3) is 11.4 Å². The van der Waals surface area contributed by atoms with Gasteiger partial charge >= 0.3 is 0 Å². The molecule has 0 unspecified atom stereocenters. The van der Waals surface area contributed by atoms with Crippen LogP contribution < -0.4 is 15.8 Å². The van der Waals surface area contributed by atoms with E-state index in [4.69, 9.17) is 10.5 Å². The summed E-state index contributed by atoms with van der Waals surface area (Å²) >= 11 is 0. The lowest BCUT2D eigenvalue weighted by molar-refractivity contribution is -0.118. The number of anilines is 1. The largest absolute Gasteiger partial charge is 0.481 e. The van der Waals surface area contributed by atoms with Crippen molar-refractivity contribution >= 4 is 17.5 Å². The molecule has 0 atom stereocenters. The predicted octanol–water partition coefficient (Wildman–Crippen LogP) is 2.26. The van der Waals surface area contributed by atoms with Crippen LogP contribution in [0.1, 0.15) is 10.4 Å². The third kappa shape index (κ3) is 4.41. The standard InChI is InChI=1S/C19H16N4O3/c20-18(25)13-6-8-15(9-7-13)23-17(24)12-26-16-10-21-19(22-11-16)14-4-2-1-3-5-14/h1-11H,12H2,(H2,20,25)(H,23,24). The second kappa shape index (κ2) is 7.89. The molecule has 1 heterocycles. The number of nitrogens with zero attached hydrogens (tertiary/aromatic N) is 2. The molecule has 26 heavy (non-hydrogen) atoms. The van der Waals surface area contributed by atoms with Crippen LogP contribution in [0.2, 0.25) is 0 Å². The molecule has 3 rings (SSSR count). The summed E-state index contributed by atoms with van der Waals surface area (Å²) in [6.07, 6.45) is 3.04. The minimum absolute atomic E-state index is 0.189. The summed E-state index contributed by atoms with van der Waals surface area (Å²) in [5, 5.41) is 2.66. The number of amides is 2. The zero-order valence-electron chi connectivity index (χ0n) is 13.8. The Bertz CT molecular complexity index is 894. The number of nitrogens with two attached hydrogens (primary N) is 1. The van der Waals surface area contributed by atoms with E-state index in [0.717, 1.165) is 5.56 Å². The zero-order valence-corrected chi connectivity index (χ0v) is 13.8. The molecule has 3 aromatic rings. The maximum absolute atomic E-state index is 11.9. The van der Waals surface area contributed by atoms with Crippen LogP contribution in [0, 0.1) is 0 Å². The number of ether oxygens (including phenoxy) is 1. The lowest BCUT2D eigenvalue weighted by Gasteiger charge is -2.08. The molecule has 3 N–H and O–H groups in total. The maximum atomic E-state index is 11.9. The van der Waals surface area contributed by atoms with E-state index in [2.05, 4.69) is 15.3 Å². The predicted molar refractivity (Wildman–Crippen MR) is 96.6 cm³/mol. The zero-order chi connectivity index (χ0) is 18.4. The summed E-state index contributed by atoms with van der Waals surface area (Å²) in [6, 6.07) is 15.8. The fourth-order valence-corrected chi connectivity index (χ4v) is 2.19. The second-order valence-corrected chi connectivity index (χ2v) is 5.39. The van der Waals surface area contributed by atoms with Gasteiger partial charge in [0.1, 0.15) is 0 Å². The first kappa shape index (κ1) is 17.1. The topological polar surface area (TPSA) is 107 Å². The van der Waals surface area contributed by atoms with Crippen LogP contribution in [0.4, 0.5) is 5.69 Å². The number of carbonyl (C=O) groups is 2. The number of primary amides is 1. The summed E-state index contributed by atoms with van der Waals surface area (Å²) in [5.74, 6) is 0.106. The number of aromatic nitrogens is 2. The van der Waals surface area contributed by atoms with E-state index in [1.54, 1.807) is 12.1 Å². The molecule has 0 aliphatic heterocycles. The normalized spacial score (nSPS) is 10.2. The van der Waals surface area contributed by atoms with E-state index in [0.29, 0.717) is 22.8 Å². The second-order valence-electron chi connectivity index (χ2n) is 5.39. The molecule has 0 saturated carbocycles. The quantitative estimate of drug-likeness (QED) is 0.710. The monoisotopic (exact) mass is 348 g/mol. The smallest absolute Gasteiger partial charge is 0.262 e. The molecule has 0 spiro atoms. The van der Waals surface area contributed by atoms with Crippen LogP contribution in [-0.4, -0.2) is 28.4 Å². The van der Waals surface area contributed by atoms with Crippen molar-refractivity contribution < 1.29 is 14.3 Å². The molecule has 0 saturated heterocycles. The SMILES string of the molecule is NC(=O)c1ccc(NC(=O)COc2cnc(-c3ccccc3)nc2)cc1. The third-order valence-corrected chi connectivity index (χ3v) is 3.48. The molecule has 1 aromatic heterocycles. The Morgan fingerprint density at radius 2 is 1.62 bits per heavy atom. The molecule has 0 fully saturated rings. The van der Waals surface area contributed by atoms with E-state index in [1.165, 1.54) is 24.5 Å². The van der Waals surface area contributed by atoms with Crippen molar-refractivity contribution in [1.29, 1.82) is 0 Å². The highest BCUT2D eigenvalue weighted by atomic mass is 16.5. The highest BCUT2D eigenvalue weighted by Gasteiger charge is 2.06. The van der Waals surface area contributed by atoms with Crippen molar-refractivity contribution in [2.75, 3.05) is 11.9 Å². The Kier molecular flexibility index (Phi) is 5.19. The van der Waals surface area contributed by atoms with Crippen molar-refractivity contribution in [3.63, 3.8) is 0 Å².